The third-order valence-corrected chi connectivity index (χ3v) is 4.99. The third-order valence-electron chi connectivity index (χ3n) is 4.99. The molecule has 0 radical (unpaired) electrons. The monoisotopic (exact) mass is 340 g/mol. The molecular formula is C19H24N4O2. The SMILES string of the molecule is C[C@H]1CN(Cc2ccccc2)CC[C@@H]1N(C)c1ncccc1[N+](=O)[O-]. The van der Waals surface area contributed by atoms with Crippen LogP contribution in [0.5, 0.6) is 0 Å². The molecule has 0 N–H and O–H groups in total. The van der Waals surface area contributed by atoms with Crippen LogP contribution in [0.1, 0.15) is 18.9 Å². The van der Waals surface area contributed by atoms with Crippen LogP contribution in [0.25, 0.3) is 0 Å². The van der Waals surface area contributed by atoms with Gasteiger partial charge in [-0.3, -0.25) is 15.0 Å². The maximum absolute atomic E-state index is 11.3. The van der Waals surface area contributed by atoms with E-state index in [0.29, 0.717) is 11.7 Å². The van der Waals surface area contributed by atoms with E-state index in [1.807, 2.05) is 18.0 Å². The summed E-state index contributed by atoms with van der Waals surface area (Å²) in [5.41, 5.74) is 1.39. The van der Waals surface area contributed by atoms with E-state index in [2.05, 4.69) is 41.1 Å². The number of piperidine rings is 1. The quantitative estimate of drug-likeness (QED) is 0.617. The minimum Gasteiger partial charge on any atom is -0.351 e. The first-order valence-electron chi connectivity index (χ1n) is 8.65. The van der Waals surface area contributed by atoms with Crippen LogP contribution < -0.4 is 4.90 Å². The van der Waals surface area contributed by atoms with Gasteiger partial charge in [0.15, 0.2) is 0 Å². The van der Waals surface area contributed by atoms with Crippen LogP contribution in [-0.2, 0) is 6.54 Å². The first kappa shape index (κ1) is 17.4. The van der Waals surface area contributed by atoms with Gasteiger partial charge in [0.05, 0.1) is 4.92 Å². The summed E-state index contributed by atoms with van der Waals surface area (Å²) in [4.78, 5) is 19.6. The zero-order valence-corrected chi connectivity index (χ0v) is 14.7. The van der Waals surface area contributed by atoms with Crippen LogP contribution in [0.15, 0.2) is 48.7 Å². The smallest absolute Gasteiger partial charge is 0.311 e. The fourth-order valence-electron chi connectivity index (χ4n) is 3.74. The molecule has 132 valence electrons. The van der Waals surface area contributed by atoms with Crippen molar-refractivity contribution in [2.45, 2.75) is 25.9 Å². The van der Waals surface area contributed by atoms with Crippen LogP contribution in [0, 0.1) is 16.0 Å². The summed E-state index contributed by atoms with van der Waals surface area (Å²) in [7, 11) is 1.92. The molecule has 1 saturated heterocycles. The molecule has 0 unspecified atom stereocenters. The summed E-state index contributed by atoms with van der Waals surface area (Å²) in [6.07, 6.45) is 2.59. The van der Waals surface area contributed by atoms with Crippen LogP contribution in [0.3, 0.4) is 0 Å². The predicted octanol–water partition coefficient (Wildman–Crippen LogP) is 3.34. The van der Waals surface area contributed by atoms with Crippen molar-refractivity contribution in [3.8, 4) is 0 Å². The number of pyridine rings is 1. The van der Waals surface area contributed by atoms with E-state index in [0.717, 1.165) is 26.1 Å². The Hall–Kier alpha value is -2.47. The second-order valence-electron chi connectivity index (χ2n) is 6.77. The second-order valence-corrected chi connectivity index (χ2v) is 6.77. The minimum atomic E-state index is -0.353. The van der Waals surface area contributed by atoms with Gasteiger partial charge >= 0.3 is 5.69 Å². The van der Waals surface area contributed by atoms with Gasteiger partial charge in [-0.15, -0.1) is 0 Å². The largest absolute Gasteiger partial charge is 0.351 e. The summed E-state index contributed by atoms with van der Waals surface area (Å²) in [6, 6.07) is 13.9. The highest BCUT2D eigenvalue weighted by atomic mass is 16.6. The molecule has 1 aromatic heterocycles. The van der Waals surface area contributed by atoms with E-state index in [1.54, 1.807) is 12.3 Å². The fraction of sp³-hybridized carbons (Fsp3) is 0.421. The Bertz CT molecular complexity index is 722. The van der Waals surface area contributed by atoms with E-state index in [4.69, 9.17) is 0 Å². The number of anilines is 1. The topological polar surface area (TPSA) is 62.5 Å². The summed E-state index contributed by atoms with van der Waals surface area (Å²) < 4.78 is 0. The molecule has 1 aliphatic heterocycles. The molecule has 2 atom stereocenters. The second kappa shape index (κ2) is 7.61. The Kier molecular flexibility index (Phi) is 5.28. The van der Waals surface area contributed by atoms with E-state index < -0.39 is 0 Å². The molecule has 0 saturated carbocycles. The Balaban J connectivity index is 1.68. The van der Waals surface area contributed by atoms with Crippen molar-refractivity contribution in [3.05, 3.63) is 64.3 Å². The van der Waals surface area contributed by atoms with Gasteiger partial charge in [-0.2, -0.15) is 0 Å². The molecule has 0 spiro atoms. The lowest BCUT2D eigenvalue weighted by atomic mass is 9.92. The Morgan fingerprint density at radius 1 is 1.28 bits per heavy atom. The van der Waals surface area contributed by atoms with Gasteiger partial charge in [0, 0.05) is 45.0 Å². The van der Waals surface area contributed by atoms with Crippen molar-refractivity contribution in [3.63, 3.8) is 0 Å². The Labute approximate surface area is 148 Å². The maximum Gasteiger partial charge on any atom is 0.311 e. The molecule has 2 heterocycles. The molecule has 0 amide bonds. The number of nitro groups is 1. The van der Waals surface area contributed by atoms with Crippen LogP contribution >= 0.6 is 0 Å². The lowest BCUT2D eigenvalue weighted by Gasteiger charge is -2.41. The molecule has 1 fully saturated rings. The normalized spacial score (nSPS) is 21.0. The molecule has 3 rings (SSSR count). The van der Waals surface area contributed by atoms with E-state index in [1.165, 1.54) is 11.6 Å². The minimum absolute atomic E-state index is 0.0731. The maximum atomic E-state index is 11.3. The van der Waals surface area contributed by atoms with Gasteiger partial charge in [0.25, 0.3) is 0 Å². The van der Waals surface area contributed by atoms with E-state index in [9.17, 15) is 10.1 Å². The number of aromatic nitrogens is 1. The molecule has 2 aromatic rings. The molecule has 25 heavy (non-hydrogen) atoms. The molecule has 1 aromatic carbocycles. The van der Waals surface area contributed by atoms with Gasteiger partial charge < -0.3 is 4.90 Å². The molecule has 0 aliphatic carbocycles. The van der Waals surface area contributed by atoms with Crippen LogP contribution in [0.4, 0.5) is 11.5 Å². The number of nitrogens with zero attached hydrogens (tertiary/aromatic N) is 4. The highest BCUT2D eigenvalue weighted by Gasteiger charge is 2.32. The van der Waals surface area contributed by atoms with Gasteiger partial charge in [-0.1, -0.05) is 37.3 Å². The van der Waals surface area contributed by atoms with Crippen molar-refractivity contribution < 1.29 is 4.92 Å². The highest BCUT2D eigenvalue weighted by molar-refractivity contribution is 5.57. The first-order chi connectivity index (χ1) is 12.1. The standard InChI is InChI=1S/C19H24N4O2/c1-15-13-22(14-16-7-4-3-5-8-16)12-10-17(15)21(2)19-18(23(24)25)9-6-11-20-19/h3-9,11,15,17H,10,12-14H2,1-2H3/t15-,17-/m0/s1. The van der Waals surface area contributed by atoms with Crippen molar-refractivity contribution >= 4 is 11.5 Å². The molecular weight excluding hydrogens is 316 g/mol. The number of likely N-dealkylation sites (tertiary alicyclic amines) is 1. The van der Waals surface area contributed by atoms with Gasteiger partial charge in [-0.05, 0) is 24.0 Å². The van der Waals surface area contributed by atoms with Crippen molar-refractivity contribution in [1.29, 1.82) is 0 Å². The summed E-state index contributed by atoms with van der Waals surface area (Å²) in [5, 5.41) is 11.3. The van der Waals surface area contributed by atoms with Crippen molar-refractivity contribution in [1.82, 2.24) is 9.88 Å². The molecule has 1 aliphatic rings. The number of rotatable bonds is 5. The fourth-order valence-corrected chi connectivity index (χ4v) is 3.74. The predicted molar refractivity (Wildman–Crippen MR) is 98.6 cm³/mol. The number of hydrogen-bond acceptors (Lipinski definition) is 5. The molecule has 6 nitrogen and oxygen atoms in total. The zero-order valence-electron chi connectivity index (χ0n) is 14.7. The van der Waals surface area contributed by atoms with Crippen molar-refractivity contribution in [2.75, 3.05) is 25.0 Å². The zero-order chi connectivity index (χ0) is 17.8. The molecule has 0 bridgehead atoms. The number of hydrogen-bond donors (Lipinski definition) is 0. The number of benzene rings is 1. The summed E-state index contributed by atoms with van der Waals surface area (Å²) in [6.45, 7) is 5.12. The highest BCUT2D eigenvalue weighted by Crippen LogP contribution is 2.30. The Morgan fingerprint density at radius 2 is 2.04 bits per heavy atom. The van der Waals surface area contributed by atoms with Gasteiger partial charge in [0.1, 0.15) is 0 Å². The third kappa shape index (κ3) is 3.96. The summed E-state index contributed by atoms with van der Waals surface area (Å²) >= 11 is 0. The van der Waals surface area contributed by atoms with Crippen LogP contribution in [0.2, 0.25) is 0 Å². The van der Waals surface area contributed by atoms with Gasteiger partial charge in [0.2, 0.25) is 5.82 Å². The average Bonchev–Trinajstić information content (AvgIpc) is 2.62. The van der Waals surface area contributed by atoms with E-state index in [-0.39, 0.29) is 16.7 Å². The molecule has 6 heteroatoms. The van der Waals surface area contributed by atoms with E-state index >= 15 is 0 Å². The Morgan fingerprint density at radius 3 is 2.72 bits per heavy atom. The van der Waals surface area contributed by atoms with Crippen LogP contribution in [-0.4, -0.2) is 41.0 Å². The van der Waals surface area contributed by atoms with Gasteiger partial charge in [-0.25, -0.2) is 4.98 Å². The lowest BCUT2D eigenvalue weighted by molar-refractivity contribution is -0.384. The summed E-state index contributed by atoms with van der Waals surface area (Å²) in [5.74, 6) is 0.866. The lowest BCUT2D eigenvalue weighted by Crippen LogP contribution is -2.49. The first-order valence-corrected chi connectivity index (χ1v) is 8.65. The average molecular weight is 340 g/mol. The van der Waals surface area contributed by atoms with Crippen molar-refractivity contribution in [2.24, 2.45) is 5.92 Å².